The van der Waals surface area contributed by atoms with Gasteiger partial charge in [-0.3, -0.25) is 9.79 Å². The van der Waals surface area contributed by atoms with Crippen molar-refractivity contribution in [1.29, 1.82) is 0 Å². The van der Waals surface area contributed by atoms with Crippen LogP contribution in [0.3, 0.4) is 0 Å². The highest BCUT2D eigenvalue weighted by Gasteiger charge is 2.27. The molecule has 0 bridgehead atoms. The summed E-state index contributed by atoms with van der Waals surface area (Å²) in [5.74, 6) is 7.23. The van der Waals surface area contributed by atoms with E-state index in [-0.39, 0.29) is 16.7 Å². The molecule has 0 saturated carbocycles. The monoisotopic (exact) mass is 404 g/mol. The van der Waals surface area contributed by atoms with E-state index in [4.69, 9.17) is 0 Å². The van der Waals surface area contributed by atoms with Gasteiger partial charge in [-0.25, -0.2) is 8.42 Å². The fourth-order valence-electron chi connectivity index (χ4n) is 3.39. The van der Waals surface area contributed by atoms with Crippen LogP contribution >= 0.6 is 11.8 Å². The summed E-state index contributed by atoms with van der Waals surface area (Å²) in [7, 11) is -3.26. The van der Waals surface area contributed by atoms with E-state index in [0.717, 1.165) is 50.0 Å². The number of carbonyl (C=O) groups excluding carboxylic acids is 1. The minimum atomic E-state index is -3.26. The molecule has 1 unspecified atom stereocenters. The summed E-state index contributed by atoms with van der Waals surface area (Å²) in [6, 6.07) is 6.70. The second kappa shape index (κ2) is 8.94. The number of aliphatic imine (C=N–C) groups is 1. The van der Waals surface area contributed by atoms with Gasteiger partial charge < -0.3 is 5.32 Å². The lowest BCUT2D eigenvalue weighted by atomic mass is 9.84. The van der Waals surface area contributed by atoms with Gasteiger partial charge in [0.15, 0.2) is 15.0 Å². The number of amidine groups is 1. The Morgan fingerprint density at radius 3 is 2.48 bits per heavy atom. The van der Waals surface area contributed by atoms with Crippen LogP contribution in [-0.2, 0) is 14.6 Å². The highest BCUT2D eigenvalue weighted by atomic mass is 32.2. The quantitative estimate of drug-likeness (QED) is 0.766. The molecule has 1 aromatic rings. The second-order valence-corrected chi connectivity index (χ2v) is 10.1. The fourth-order valence-corrected chi connectivity index (χ4v) is 4.75. The molecule has 2 aliphatic rings. The van der Waals surface area contributed by atoms with Crippen LogP contribution in [0, 0.1) is 17.8 Å². The van der Waals surface area contributed by atoms with E-state index in [0.29, 0.717) is 11.1 Å². The van der Waals surface area contributed by atoms with E-state index in [9.17, 15) is 13.2 Å². The molecule has 0 radical (unpaired) electrons. The normalized spacial score (nSPS) is 18.8. The summed E-state index contributed by atoms with van der Waals surface area (Å²) < 4.78 is 23.4. The van der Waals surface area contributed by atoms with E-state index in [1.807, 2.05) is 0 Å². The van der Waals surface area contributed by atoms with E-state index in [1.54, 1.807) is 36.0 Å². The van der Waals surface area contributed by atoms with Gasteiger partial charge in [0.1, 0.15) is 0 Å². The molecule has 1 N–H and O–H groups in total. The zero-order valence-corrected chi connectivity index (χ0v) is 17.0. The van der Waals surface area contributed by atoms with Gasteiger partial charge in [-0.2, -0.15) is 0 Å². The van der Waals surface area contributed by atoms with Crippen molar-refractivity contribution in [2.24, 2.45) is 10.9 Å². The molecule has 27 heavy (non-hydrogen) atoms. The van der Waals surface area contributed by atoms with Gasteiger partial charge in [-0.1, -0.05) is 23.9 Å². The number of hydrogen-bond acceptors (Lipinski definition) is 5. The highest BCUT2D eigenvalue weighted by Crippen LogP contribution is 2.31. The molecule has 5 nitrogen and oxygen atoms in total. The first-order chi connectivity index (χ1) is 12.9. The number of amides is 1. The average Bonchev–Trinajstić information content (AvgIpc) is 3.00. The number of nitrogens with one attached hydrogen (secondary N) is 1. The number of benzene rings is 1. The summed E-state index contributed by atoms with van der Waals surface area (Å²) in [5, 5.41) is 3.63. The van der Waals surface area contributed by atoms with Gasteiger partial charge in [-0.05, 0) is 42.9 Å². The van der Waals surface area contributed by atoms with Crippen molar-refractivity contribution in [1.82, 2.24) is 5.32 Å². The maximum absolute atomic E-state index is 13.0. The van der Waals surface area contributed by atoms with Crippen LogP contribution < -0.4 is 5.32 Å². The minimum Gasteiger partial charge on any atom is -0.305 e. The van der Waals surface area contributed by atoms with Crippen molar-refractivity contribution in [2.75, 3.05) is 18.6 Å². The summed E-state index contributed by atoms with van der Waals surface area (Å²) in [6.07, 6.45) is 5.64. The number of thioether (sulfide) groups is 1. The van der Waals surface area contributed by atoms with E-state index >= 15 is 0 Å². The minimum absolute atomic E-state index is 0.0691. The largest absolute Gasteiger partial charge is 0.305 e. The van der Waals surface area contributed by atoms with E-state index in [2.05, 4.69) is 22.2 Å². The molecule has 0 spiro atoms. The van der Waals surface area contributed by atoms with Gasteiger partial charge in [-0.15, -0.1) is 11.8 Å². The molecule has 1 aliphatic heterocycles. The average molecular weight is 405 g/mol. The molecule has 7 heteroatoms. The molecule has 1 heterocycles. The molecule has 0 fully saturated rings. The predicted octanol–water partition coefficient (Wildman–Crippen LogP) is 2.98. The molecule has 3 rings (SSSR count). The van der Waals surface area contributed by atoms with Crippen molar-refractivity contribution < 1.29 is 13.2 Å². The van der Waals surface area contributed by atoms with Crippen LogP contribution in [-0.4, -0.2) is 38.0 Å². The van der Waals surface area contributed by atoms with Gasteiger partial charge in [0.2, 0.25) is 5.91 Å². The third-order valence-electron chi connectivity index (χ3n) is 4.89. The maximum atomic E-state index is 13.0. The number of nitrogens with zero attached hydrogens (tertiary/aromatic N) is 1. The Morgan fingerprint density at radius 1 is 1.26 bits per heavy atom. The highest BCUT2D eigenvalue weighted by molar-refractivity contribution is 8.14. The van der Waals surface area contributed by atoms with Crippen LogP contribution in [0.15, 0.2) is 34.2 Å². The number of rotatable bonds is 5. The Labute approximate surface area is 165 Å². The zero-order chi connectivity index (χ0) is 19.3. The topological polar surface area (TPSA) is 75.6 Å². The second-order valence-electron chi connectivity index (χ2n) is 6.95. The van der Waals surface area contributed by atoms with Crippen molar-refractivity contribution in [3.8, 4) is 11.8 Å². The Bertz CT molecular complexity index is 868. The third-order valence-corrected chi connectivity index (χ3v) is 6.91. The number of sulfone groups is 1. The molecule has 1 amide bonds. The standard InChI is InChI=1S/C20H24N2O3S2/c1-27(24,25)17-10-8-16(9-11-17)18(14-15-6-4-2-3-5-7-15)19(23)22-20-21-12-13-26-20/h8-11,15,18H,4-7,12-14H2,1H3,(H,21,22,23). The van der Waals surface area contributed by atoms with E-state index in [1.165, 1.54) is 6.26 Å². The smallest absolute Gasteiger partial charge is 0.233 e. The summed E-state index contributed by atoms with van der Waals surface area (Å²) in [4.78, 5) is 17.6. The molecule has 1 aromatic carbocycles. The van der Waals surface area contributed by atoms with Gasteiger partial charge in [0.05, 0.1) is 17.4 Å². The molecule has 1 aliphatic carbocycles. The molecule has 0 aromatic heterocycles. The fraction of sp³-hybridized carbons (Fsp3) is 0.500. The van der Waals surface area contributed by atoms with Crippen molar-refractivity contribution in [2.45, 2.75) is 42.9 Å². The van der Waals surface area contributed by atoms with Crippen molar-refractivity contribution in [3.05, 3.63) is 29.8 Å². The Morgan fingerprint density at radius 2 is 1.93 bits per heavy atom. The molecule has 0 saturated heterocycles. The SMILES string of the molecule is CS(=O)(=O)c1ccc(C(CC2CCC#CCC2)C(=O)NC2=NCCS2)cc1. The zero-order valence-electron chi connectivity index (χ0n) is 15.4. The summed E-state index contributed by atoms with van der Waals surface area (Å²) in [5.41, 5.74) is 0.841. The van der Waals surface area contributed by atoms with Crippen molar-refractivity contribution >= 4 is 32.7 Å². The Kier molecular flexibility index (Phi) is 6.61. The Balaban J connectivity index is 1.80. The van der Waals surface area contributed by atoms with Crippen LogP contribution in [0.25, 0.3) is 0 Å². The van der Waals surface area contributed by atoms with E-state index < -0.39 is 9.84 Å². The molecule has 144 valence electrons. The molecular formula is C20H24N2O3S2. The van der Waals surface area contributed by atoms with Crippen LogP contribution in [0.5, 0.6) is 0 Å². The van der Waals surface area contributed by atoms with Gasteiger partial charge in [0, 0.05) is 24.9 Å². The summed E-state index contributed by atoms with van der Waals surface area (Å²) >= 11 is 1.56. The van der Waals surface area contributed by atoms with Crippen LogP contribution in [0.4, 0.5) is 0 Å². The maximum Gasteiger partial charge on any atom is 0.233 e. The third kappa shape index (κ3) is 5.60. The summed E-state index contributed by atoms with van der Waals surface area (Å²) in [6.45, 7) is 0.730. The first kappa shape index (κ1) is 20.0. The predicted molar refractivity (Wildman–Crippen MR) is 110 cm³/mol. The van der Waals surface area contributed by atoms with Gasteiger partial charge >= 0.3 is 0 Å². The first-order valence-electron chi connectivity index (χ1n) is 9.17. The molecule has 1 atom stereocenters. The number of carbonyl (C=O) groups is 1. The lowest BCUT2D eigenvalue weighted by Crippen LogP contribution is -2.33. The van der Waals surface area contributed by atoms with Crippen LogP contribution in [0.2, 0.25) is 0 Å². The lowest BCUT2D eigenvalue weighted by Gasteiger charge is -2.22. The lowest BCUT2D eigenvalue weighted by molar-refractivity contribution is -0.121. The first-order valence-corrected chi connectivity index (χ1v) is 12.0. The van der Waals surface area contributed by atoms with Crippen LogP contribution in [0.1, 0.15) is 43.6 Å². The number of hydrogen-bond donors (Lipinski definition) is 1. The Hall–Kier alpha value is -1.78. The molecular weight excluding hydrogens is 380 g/mol. The van der Waals surface area contributed by atoms with Gasteiger partial charge in [0.25, 0.3) is 0 Å². The van der Waals surface area contributed by atoms with Crippen molar-refractivity contribution in [3.63, 3.8) is 0 Å².